The van der Waals surface area contributed by atoms with E-state index in [0.717, 1.165) is 4.57 Å². The van der Waals surface area contributed by atoms with Gasteiger partial charge >= 0.3 is 5.69 Å². The van der Waals surface area contributed by atoms with Gasteiger partial charge in [-0.15, -0.1) is 0 Å². The summed E-state index contributed by atoms with van der Waals surface area (Å²) in [5.41, 5.74) is -2.40. The van der Waals surface area contributed by atoms with E-state index in [1.807, 2.05) is 0 Å². The molecule has 1 saturated heterocycles. The largest absolute Gasteiger partial charge is 0.381 e. The zero-order chi connectivity index (χ0) is 12.6. The maximum absolute atomic E-state index is 13.4. The summed E-state index contributed by atoms with van der Waals surface area (Å²) < 4.78 is 19.5. The molecule has 17 heavy (non-hydrogen) atoms. The molecule has 0 radical (unpaired) electrons. The SMILES string of the molecule is CC1(n2c(=O)[nH]c(Cl)c(F)c2=O)CCOCC1. The van der Waals surface area contributed by atoms with E-state index < -0.39 is 27.8 Å². The lowest BCUT2D eigenvalue weighted by atomic mass is 9.92. The van der Waals surface area contributed by atoms with Crippen LogP contribution in [0.1, 0.15) is 19.8 Å². The topological polar surface area (TPSA) is 64.1 Å². The molecule has 1 aromatic rings. The number of hydrogen-bond donors (Lipinski definition) is 1. The van der Waals surface area contributed by atoms with Crippen LogP contribution in [0.15, 0.2) is 9.59 Å². The van der Waals surface area contributed by atoms with Gasteiger partial charge in [-0.25, -0.2) is 4.79 Å². The van der Waals surface area contributed by atoms with Crippen LogP contribution in [-0.2, 0) is 10.3 Å². The zero-order valence-electron chi connectivity index (χ0n) is 9.26. The minimum Gasteiger partial charge on any atom is -0.381 e. The third-order valence-electron chi connectivity index (χ3n) is 3.11. The first-order valence-corrected chi connectivity index (χ1v) is 5.62. The summed E-state index contributed by atoms with van der Waals surface area (Å²) in [6.45, 7) is 2.61. The number of aromatic amines is 1. The van der Waals surface area contributed by atoms with Crippen LogP contribution in [0.25, 0.3) is 0 Å². The highest BCUT2D eigenvalue weighted by Crippen LogP contribution is 2.25. The van der Waals surface area contributed by atoms with Crippen molar-refractivity contribution in [3.8, 4) is 0 Å². The first-order chi connectivity index (χ1) is 7.96. The van der Waals surface area contributed by atoms with Crippen molar-refractivity contribution >= 4 is 11.6 Å². The molecule has 0 spiro atoms. The highest BCUT2D eigenvalue weighted by atomic mass is 35.5. The molecule has 7 heteroatoms. The maximum Gasteiger partial charge on any atom is 0.330 e. The van der Waals surface area contributed by atoms with Gasteiger partial charge < -0.3 is 4.74 Å². The average Bonchev–Trinajstić information content (AvgIpc) is 2.26. The fourth-order valence-corrected chi connectivity index (χ4v) is 2.18. The van der Waals surface area contributed by atoms with Gasteiger partial charge in [0.25, 0.3) is 5.56 Å². The van der Waals surface area contributed by atoms with Gasteiger partial charge in [-0.05, 0) is 19.8 Å². The van der Waals surface area contributed by atoms with Crippen LogP contribution >= 0.6 is 11.6 Å². The summed E-state index contributed by atoms with van der Waals surface area (Å²) in [4.78, 5) is 25.6. The second-order valence-electron chi connectivity index (χ2n) is 4.31. The van der Waals surface area contributed by atoms with Gasteiger partial charge in [-0.2, -0.15) is 4.39 Å². The van der Waals surface area contributed by atoms with Crippen molar-refractivity contribution in [1.82, 2.24) is 9.55 Å². The number of halogens is 2. The molecule has 5 nitrogen and oxygen atoms in total. The summed E-state index contributed by atoms with van der Waals surface area (Å²) in [5, 5.41) is -0.549. The Bertz CT molecular complexity index is 545. The maximum atomic E-state index is 13.4. The Labute approximate surface area is 101 Å². The molecule has 0 amide bonds. The Morgan fingerprint density at radius 3 is 2.59 bits per heavy atom. The normalized spacial score (nSPS) is 19.2. The van der Waals surface area contributed by atoms with Gasteiger partial charge in [0, 0.05) is 13.2 Å². The molecule has 0 saturated carbocycles. The summed E-state index contributed by atoms with van der Waals surface area (Å²) in [6, 6.07) is 0. The number of H-pyrrole nitrogens is 1. The van der Waals surface area contributed by atoms with E-state index in [1.54, 1.807) is 6.92 Å². The third kappa shape index (κ3) is 2.02. The summed E-state index contributed by atoms with van der Waals surface area (Å²) in [7, 11) is 0. The predicted octanol–water partition coefficient (Wildman–Crippen LogP) is 0.855. The minimum absolute atomic E-state index is 0.437. The lowest BCUT2D eigenvalue weighted by Crippen LogP contribution is -2.51. The summed E-state index contributed by atoms with van der Waals surface area (Å²) in [5.74, 6) is -1.13. The van der Waals surface area contributed by atoms with E-state index in [2.05, 4.69) is 4.98 Å². The molecule has 1 fully saturated rings. The zero-order valence-corrected chi connectivity index (χ0v) is 10.0. The van der Waals surface area contributed by atoms with Crippen LogP contribution < -0.4 is 11.2 Å². The molecule has 0 bridgehead atoms. The highest BCUT2D eigenvalue weighted by Gasteiger charge is 2.33. The van der Waals surface area contributed by atoms with Crippen LogP contribution in [0.2, 0.25) is 5.15 Å². The predicted molar refractivity (Wildman–Crippen MR) is 60.0 cm³/mol. The van der Waals surface area contributed by atoms with Crippen LogP contribution in [0.5, 0.6) is 0 Å². The summed E-state index contributed by atoms with van der Waals surface area (Å²) >= 11 is 5.41. The molecule has 1 aliphatic rings. The molecule has 2 heterocycles. The third-order valence-corrected chi connectivity index (χ3v) is 3.37. The number of nitrogens with one attached hydrogen (secondary N) is 1. The van der Waals surface area contributed by atoms with Gasteiger partial charge in [-0.1, -0.05) is 11.6 Å². The van der Waals surface area contributed by atoms with E-state index in [4.69, 9.17) is 16.3 Å². The fraction of sp³-hybridized carbons (Fsp3) is 0.600. The number of ether oxygens (including phenoxy) is 1. The van der Waals surface area contributed by atoms with E-state index in [9.17, 15) is 14.0 Å². The lowest BCUT2D eigenvalue weighted by Gasteiger charge is -2.34. The van der Waals surface area contributed by atoms with Gasteiger partial charge in [0.1, 0.15) is 0 Å². The molecular formula is C10H12ClFN2O3. The molecule has 1 N–H and O–H groups in total. The van der Waals surface area contributed by atoms with Crippen molar-refractivity contribution in [3.63, 3.8) is 0 Å². The number of aromatic nitrogens is 2. The molecule has 0 atom stereocenters. The number of rotatable bonds is 1. The van der Waals surface area contributed by atoms with Crippen LogP contribution in [-0.4, -0.2) is 22.8 Å². The van der Waals surface area contributed by atoms with Crippen molar-refractivity contribution in [1.29, 1.82) is 0 Å². The molecule has 1 aromatic heterocycles. The van der Waals surface area contributed by atoms with Crippen LogP contribution in [0.4, 0.5) is 4.39 Å². The Balaban J connectivity index is 2.63. The van der Waals surface area contributed by atoms with Crippen molar-refractivity contribution in [2.75, 3.05) is 13.2 Å². The standard InChI is InChI=1S/C10H12ClFN2O3/c1-10(2-4-17-5-3-10)14-8(15)6(12)7(11)13-9(14)16/h2-5H2,1H3,(H,13,16). The molecule has 94 valence electrons. The highest BCUT2D eigenvalue weighted by molar-refractivity contribution is 6.29. The lowest BCUT2D eigenvalue weighted by molar-refractivity contribution is 0.0254. The van der Waals surface area contributed by atoms with E-state index in [0.29, 0.717) is 26.1 Å². The first kappa shape index (κ1) is 12.3. The van der Waals surface area contributed by atoms with Gasteiger partial charge in [0.2, 0.25) is 5.82 Å². The second-order valence-corrected chi connectivity index (χ2v) is 4.69. The molecular weight excluding hydrogens is 251 g/mol. The Morgan fingerprint density at radius 2 is 2.00 bits per heavy atom. The molecule has 0 aromatic carbocycles. The minimum atomic E-state index is -1.13. The number of hydrogen-bond acceptors (Lipinski definition) is 3. The molecule has 0 aliphatic carbocycles. The van der Waals surface area contributed by atoms with Crippen LogP contribution in [0, 0.1) is 5.82 Å². The smallest absolute Gasteiger partial charge is 0.330 e. The van der Waals surface area contributed by atoms with Gasteiger partial charge in [0.15, 0.2) is 5.15 Å². The Hall–Kier alpha value is -1.14. The Kier molecular flexibility index (Phi) is 3.09. The van der Waals surface area contributed by atoms with Gasteiger partial charge in [-0.3, -0.25) is 14.3 Å². The van der Waals surface area contributed by atoms with E-state index in [-0.39, 0.29) is 0 Å². The fourth-order valence-electron chi connectivity index (χ4n) is 2.01. The van der Waals surface area contributed by atoms with Gasteiger partial charge in [0.05, 0.1) is 5.54 Å². The van der Waals surface area contributed by atoms with Crippen molar-refractivity contribution in [2.24, 2.45) is 0 Å². The van der Waals surface area contributed by atoms with E-state index >= 15 is 0 Å². The molecule has 0 unspecified atom stereocenters. The summed E-state index contributed by atoms with van der Waals surface area (Å²) in [6.07, 6.45) is 0.966. The van der Waals surface area contributed by atoms with Crippen LogP contribution in [0.3, 0.4) is 0 Å². The second kappa shape index (κ2) is 4.27. The Morgan fingerprint density at radius 1 is 1.41 bits per heavy atom. The van der Waals surface area contributed by atoms with E-state index in [1.165, 1.54) is 0 Å². The molecule has 1 aliphatic heterocycles. The average molecular weight is 263 g/mol. The van der Waals surface area contributed by atoms with Crippen molar-refractivity contribution in [3.05, 3.63) is 31.8 Å². The number of nitrogens with zero attached hydrogens (tertiary/aromatic N) is 1. The monoisotopic (exact) mass is 262 g/mol. The first-order valence-electron chi connectivity index (χ1n) is 5.24. The molecule has 2 rings (SSSR count). The van der Waals surface area contributed by atoms with Crippen molar-refractivity contribution in [2.45, 2.75) is 25.3 Å². The quantitative estimate of drug-likeness (QED) is 0.764. The van der Waals surface area contributed by atoms with Crippen molar-refractivity contribution < 1.29 is 9.13 Å².